The molecule has 1 N–H and O–H groups in total. The maximum atomic E-state index is 11.4. The van der Waals surface area contributed by atoms with Gasteiger partial charge in [-0.2, -0.15) is 0 Å². The maximum Gasteiger partial charge on any atom is 0.219 e. The van der Waals surface area contributed by atoms with E-state index in [2.05, 4.69) is 22.0 Å². The fourth-order valence-electron chi connectivity index (χ4n) is 3.41. The number of nitrogens with zero attached hydrogens (tertiary/aromatic N) is 4. The summed E-state index contributed by atoms with van der Waals surface area (Å²) >= 11 is 0. The third-order valence-corrected chi connectivity index (χ3v) is 4.82. The lowest BCUT2D eigenvalue weighted by Crippen LogP contribution is -2.48. The van der Waals surface area contributed by atoms with Crippen molar-refractivity contribution in [2.75, 3.05) is 72.6 Å². The average molecular weight is 339 g/mol. The van der Waals surface area contributed by atoms with E-state index in [-0.39, 0.29) is 5.91 Å². The van der Waals surface area contributed by atoms with Crippen LogP contribution in [0, 0.1) is 5.92 Å². The van der Waals surface area contributed by atoms with E-state index in [4.69, 9.17) is 9.73 Å². The second kappa shape index (κ2) is 9.84. The van der Waals surface area contributed by atoms with Crippen LogP contribution in [0.1, 0.15) is 20.3 Å². The summed E-state index contributed by atoms with van der Waals surface area (Å²) in [7, 11) is 1.77. The summed E-state index contributed by atoms with van der Waals surface area (Å²) in [6.45, 7) is 12.9. The van der Waals surface area contributed by atoms with Crippen molar-refractivity contribution in [1.82, 2.24) is 20.0 Å². The first-order chi connectivity index (χ1) is 11.6. The summed E-state index contributed by atoms with van der Waals surface area (Å²) in [6.07, 6.45) is 1.17. The van der Waals surface area contributed by atoms with Crippen LogP contribution in [0.2, 0.25) is 0 Å². The lowest BCUT2D eigenvalue weighted by atomic mass is 10.1. The van der Waals surface area contributed by atoms with E-state index in [1.54, 1.807) is 14.0 Å². The van der Waals surface area contributed by atoms with Crippen molar-refractivity contribution in [3.8, 4) is 0 Å². The maximum absolute atomic E-state index is 11.4. The quantitative estimate of drug-likeness (QED) is 0.549. The van der Waals surface area contributed by atoms with E-state index in [0.29, 0.717) is 5.92 Å². The molecule has 7 nitrogen and oxygen atoms in total. The predicted octanol–water partition coefficient (Wildman–Crippen LogP) is 0.0843. The lowest BCUT2D eigenvalue weighted by Gasteiger charge is -2.33. The second-order valence-electron chi connectivity index (χ2n) is 6.64. The minimum absolute atomic E-state index is 0.182. The van der Waals surface area contributed by atoms with Gasteiger partial charge >= 0.3 is 0 Å². The Morgan fingerprint density at radius 2 is 1.96 bits per heavy atom. The van der Waals surface area contributed by atoms with Gasteiger partial charge in [-0.05, 0) is 13.3 Å². The Balaban J connectivity index is 1.76. The molecule has 2 aliphatic heterocycles. The Hall–Kier alpha value is -1.34. The summed E-state index contributed by atoms with van der Waals surface area (Å²) in [4.78, 5) is 22.8. The van der Waals surface area contributed by atoms with Crippen molar-refractivity contribution in [2.24, 2.45) is 10.9 Å². The first kappa shape index (κ1) is 19.0. The monoisotopic (exact) mass is 339 g/mol. The van der Waals surface area contributed by atoms with E-state index in [9.17, 15) is 4.79 Å². The number of aliphatic imine (C=N–C) groups is 1. The van der Waals surface area contributed by atoms with Gasteiger partial charge in [0.05, 0.1) is 13.2 Å². The molecular weight excluding hydrogens is 306 g/mol. The molecule has 0 aromatic rings. The van der Waals surface area contributed by atoms with E-state index in [0.717, 1.165) is 71.5 Å². The molecule has 2 fully saturated rings. The van der Waals surface area contributed by atoms with E-state index >= 15 is 0 Å². The Labute approximate surface area is 146 Å². The standard InChI is InChI=1S/C17H33N5O2/c1-4-18-17(22-7-5-16(13-22)14-24-3)19-6-8-20-9-11-21(12-10-20)15(2)23/h16H,4-14H2,1-3H3,(H,18,19). The van der Waals surface area contributed by atoms with Crippen LogP contribution in [0.5, 0.6) is 0 Å². The fraction of sp³-hybridized carbons (Fsp3) is 0.882. The molecule has 0 aliphatic carbocycles. The third-order valence-electron chi connectivity index (χ3n) is 4.82. The predicted molar refractivity (Wildman–Crippen MR) is 96.2 cm³/mol. The molecule has 1 amide bonds. The number of methoxy groups -OCH3 is 1. The number of carbonyl (C=O) groups is 1. The van der Waals surface area contributed by atoms with Crippen LogP contribution in [0.4, 0.5) is 0 Å². The Bertz CT molecular complexity index is 421. The first-order valence-electron chi connectivity index (χ1n) is 9.14. The van der Waals surface area contributed by atoms with Crippen molar-refractivity contribution in [3.05, 3.63) is 0 Å². The van der Waals surface area contributed by atoms with Gasteiger partial charge in [0.2, 0.25) is 5.91 Å². The van der Waals surface area contributed by atoms with Gasteiger partial charge in [0.1, 0.15) is 0 Å². The van der Waals surface area contributed by atoms with Crippen LogP contribution in [0.3, 0.4) is 0 Å². The number of amides is 1. The average Bonchev–Trinajstić information content (AvgIpc) is 3.03. The van der Waals surface area contributed by atoms with Gasteiger partial charge in [-0.25, -0.2) is 0 Å². The molecule has 2 saturated heterocycles. The molecule has 1 unspecified atom stereocenters. The highest BCUT2D eigenvalue weighted by atomic mass is 16.5. The Morgan fingerprint density at radius 3 is 2.58 bits per heavy atom. The van der Waals surface area contributed by atoms with Crippen molar-refractivity contribution in [3.63, 3.8) is 0 Å². The summed E-state index contributed by atoms with van der Waals surface area (Å²) in [5.74, 6) is 1.82. The van der Waals surface area contributed by atoms with Gasteiger partial charge in [-0.15, -0.1) is 0 Å². The molecule has 0 bridgehead atoms. The van der Waals surface area contributed by atoms with Crippen LogP contribution in [-0.2, 0) is 9.53 Å². The molecule has 0 aromatic heterocycles. The van der Waals surface area contributed by atoms with Crippen molar-refractivity contribution in [1.29, 1.82) is 0 Å². The summed E-state index contributed by atoms with van der Waals surface area (Å²) in [5, 5.41) is 3.41. The molecule has 138 valence electrons. The summed E-state index contributed by atoms with van der Waals surface area (Å²) < 4.78 is 5.28. The number of hydrogen-bond donors (Lipinski definition) is 1. The minimum Gasteiger partial charge on any atom is -0.384 e. The van der Waals surface area contributed by atoms with Crippen LogP contribution < -0.4 is 5.32 Å². The zero-order valence-corrected chi connectivity index (χ0v) is 15.5. The van der Waals surface area contributed by atoms with Crippen molar-refractivity contribution >= 4 is 11.9 Å². The molecule has 2 rings (SSSR count). The number of guanidine groups is 1. The molecule has 2 heterocycles. The molecule has 0 aromatic carbocycles. The topological polar surface area (TPSA) is 60.4 Å². The molecule has 1 atom stereocenters. The second-order valence-corrected chi connectivity index (χ2v) is 6.64. The van der Waals surface area contributed by atoms with Gasteiger partial charge < -0.3 is 19.9 Å². The highest BCUT2D eigenvalue weighted by molar-refractivity contribution is 5.80. The molecule has 0 radical (unpaired) electrons. The molecule has 7 heteroatoms. The normalized spacial score (nSPS) is 23.0. The molecular formula is C17H33N5O2. The Morgan fingerprint density at radius 1 is 1.21 bits per heavy atom. The summed E-state index contributed by atoms with van der Waals surface area (Å²) in [6, 6.07) is 0. The molecule has 2 aliphatic rings. The largest absolute Gasteiger partial charge is 0.384 e. The van der Waals surface area contributed by atoms with E-state index in [1.807, 2.05) is 4.90 Å². The van der Waals surface area contributed by atoms with Crippen LogP contribution >= 0.6 is 0 Å². The Kier molecular flexibility index (Phi) is 7.78. The molecule has 0 spiro atoms. The SMILES string of the molecule is CCNC(=NCCN1CCN(C(C)=O)CC1)N1CCC(COC)C1. The van der Waals surface area contributed by atoms with Gasteiger partial charge in [-0.1, -0.05) is 0 Å². The van der Waals surface area contributed by atoms with Crippen LogP contribution in [0.15, 0.2) is 4.99 Å². The number of nitrogens with one attached hydrogen (secondary N) is 1. The summed E-state index contributed by atoms with van der Waals surface area (Å²) in [5.41, 5.74) is 0. The van der Waals surface area contributed by atoms with Crippen molar-refractivity contribution < 1.29 is 9.53 Å². The number of rotatable bonds is 6. The van der Waals surface area contributed by atoms with E-state index in [1.165, 1.54) is 6.42 Å². The third kappa shape index (κ3) is 5.63. The minimum atomic E-state index is 0.182. The molecule has 24 heavy (non-hydrogen) atoms. The zero-order chi connectivity index (χ0) is 17.4. The van der Waals surface area contributed by atoms with E-state index < -0.39 is 0 Å². The van der Waals surface area contributed by atoms with Crippen LogP contribution in [0.25, 0.3) is 0 Å². The van der Waals surface area contributed by atoms with Gasteiger partial charge in [0, 0.05) is 72.3 Å². The fourth-order valence-corrected chi connectivity index (χ4v) is 3.41. The number of piperazine rings is 1. The smallest absolute Gasteiger partial charge is 0.219 e. The van der Waals surface area contributed by atoms with Gasteiger partial charge in [0.15, 0.2) is 5.96 Å². The number of hydrogen-bond acceptors (Lipinski definition) is 4. The van der Waals surface area contributed by atoms with Gasteiger partial charge in [-0.3, -0.25) is 14.7 Å². The van der Waals surface area contributed by atoms with Gasteiger partial charge in [0.25, 0.3) is 0 Å². The zero-order valence-electron chi connectivity index (χ0n) is 15.5. The number of ether oxygens (including phenoxy) is 1. The van der Waals surface area contributed by atoms with Crippen molar-refractivity contribution in [2.45, 2.75) is 20.3 Å². The number of carbonyl (C=O) groups excluding carboxylic acids is 1. The highest BCUT2D eigenvalue weighted by Gasteiger charge is 2.24. The molecule has 0 saturated carbocycles. The van der Waals surface area contributed by atoms with Crippen LogP contribution in [-0.4, -0.2) is 99.2 Å². The number of likely N-dealkylation sites (tertiary alicyclic amines) is 1. The highest BCUT2D eigenvalue weighted by Crippen LogP contribution is 2.16. The lowest BCUT2D eigenvalue weighted by molar-refractivity contribution is -0.130. The first-order valence-corrected chi connectivity index (χ1v) is 9.14.